The Bertz CT molecular complexity index is 471. The monoisotopic (exact) mass is 211 g/mol. The van der Waals surface area contributed by atoms with Gasteiger partial charge in [0, 0.05) is 18.0 Å². The number of nitrogens with zero attached hydrogens (tertiary/aromatic N) is 3. The van der Waals surface area contributed by atoms with Crippen LogP contribution in [0.2, 0.25) is 0 Å². The highest BCUT2D eigenvalue weighted by molar-refractivity contribution is 7.71. The van der Waals surface area contributed by atoms with Gasteiger partial charge < -0.3 is 0 Å². The molecule has 0 amide bonds. The highest BCUT2D eigenvalue weighted by atomic mass is 32.1. The SMILES string of the molecule is CCCc1nc(=S)n2ccsc2n1. The molecule has 0 saturated heterocycles. The van der Waals surface area contributed by atoms with Crippen LogP contribution in [0.1, 0.15) is 19.2 Å². The molecule has 13 heavy (non-hydrogen) atoms. The first kappa shape index (κ1) is 8.77. The summed E-state index contributed by atoms with van der Waals surface area (Å²) in [5.74, 6) is 0.856. The molecule has 0 unspecified atom stereocenters. The number of fused-ring (bicyclic) bond motifs is 1. The van der Waals surface area contributed by atoms with Gasteiger partial charge in [-0.25, -0.2) is 9.97 Å². The summed E-state index contributed by atoms with van der Waals surface area (Å²) in [5.41, 5.74) is 0. The smallest absolute Gasteiger partial charge is 0.207 e. The second kappa shape index (κ2) is 3.51. The molecule has 3 nitrogen and oxygen atoms in total. The van der Waals surface area contributed by atoms with Gasteiger partial charge in [0.1, 0.15) is 5.82 Å². The van der Waals surface area contributed by atoms with Gasteiger partial charge in [-0.3, -0.25) is 4.40 Å². The quantitative estimate of drug-likeness (QED) is 0.715. The minimum atomic E-state index is 0.606. The average Bonchev–Trinajstić information content (AvgIpc) is 2.53. The largest absolute Gasteiger partial charge is 0.267 e. The molecule has 0 bridgehead atoms. The van der Waals surface area contributed by atoms with Crippen LogP contribution >= 0.6 is 23.6 Å². The molecule has 68 valence electrons. The molecule has 0 aliphatic rings. The Morgan fingerprint density at radius 2 is 2.38 bits per heavy atom. The fourth-order valence-electron chi connectivity index (χ4n) is 1.13. The fourth-order valence-corrected chi connectivity index (χ4v) is 2.17. The molecule has 0 atom stereocenters. The van der Waals surface area contributed by atoms with Crippen molar-refractivity contribution >= 4 is 28.5 Å². The van der Waals surface area contributed by atoms with Crippen LogP contribution in [0.15, 0.2) is 11.6 Å². The van der Waals surface area contributed by atoms with Crippen molar-refractivity contribution in [2.75, 3.05) is 0 Å². The van der Waals surface area contributed by atoms with E-state index in [0.29, 0.717) is 4.77 Å². The third kappa shape index (κ3) is 1.62. The lowest BCUT2D eigenvalue weighted by atomic mass is 10.3. The third-order valence-electron chi connectivity index (χ3n) is 1.72. The predicted octanol–water partition coefficient (Wildman–Crippen LogP) is 2.47. The van der Waals surface area contributed by atoms with Crippen molar-refractivity contribution < 1.29 is 0 Å². The molecule has 2 heterocycles. The summed E-state index contributed by atoms with van der Waals surface area (Å²) in [6.45, 7) is 2.11. The highest BCUT2D eigenvalue weighted by Gasteiger charge is 2.00. The highest BCUT2D eigenvalue weighted by Crippen LogP contribution is 2.09. The van der Waals surface area contributed by atoms with Gasteiger partial charge in [-0.2, -0.15) is 0 Å². The van der Waals surface area contributed by atoms with Crippen LogP contribution in [-0.2, 0) is 6.42 Å². The first-order chi connectivity index (χ1) is 6.31. The third-order valence-corrected chi connectivity index (χ3v) is 2.76. The molecule has 2 aromatic heterocycles. The summed E-state index contributed by atoms with van der Waals surface area (Å²) in [7, 11) is 0. The van der Waals surface area contributed by atoms with Gasteiger partial charge in [-0.1, -0.05) is 6.92 Å². The zero-order valence-corrected chi connectivity index (χ0v) is 8.86. The molecule has 5 heteroatoms. The van der Waals surface area contributed by atoms with E-state index in [9.17, 15) is 0 Å². The Morgan fingerprint density at radius 1 is 1.54 bits per heavy atom. The fraction of sp³-hybridized carbons (Fsp3) is 0.375. The van der Waals surface area contributed by atoms with Gasteiger partial charge in [0.2, 0.25) is 4.77 Å². The first-order valence-corrected chi connectivity index (χ1v) is 5.43. The van der Waals surface area contributed by atoms with E-state index >= 15 is 0 Å². The second-order valence-electron chi connectivity index (χ2n) is 2.73. The number of aromatic nitrogens is 3. The van der Waals surface area contributed by atoms with E-state index in [1.807, 2.05) is 16.0 Å². The average molecular weight is 211 g/mol. The summed E-state index contributed by atoms with van der Waals surface area (Å²) in [4.78, 5) is 9.56. The number of hydrogen-bond donors (Lipinski definition) is 0. The summed E-state index contributed by atoms with van der Waals surface area (Å²) >= 11 is 6.71. The summed E-state index contributed by atoms with van der Waals surface area (Å²) < 4.78 is 2.44. The Balaban J connectivity index is 2.63. The van der Waals surface area contributed by atoms with E-state index < -0.39 is 0 Å². The van der Waals surface area contributed by atoms with Crippen molar-refractivity contribution in [1.29, 1.82) is 0 Å². The van der Waals surface area contributed by atoms with E-state index in [1.165, 1.54) is 0 Å². The summed E-state index contributed by atoms with van der Waals surface area (Å²) in [5, 5.41) is 1.97. The van der Waals surface area contributed by atoms with E-state index in [0.717, 1.165) is 23.6 Å². The van der Waals surface area contributed by atoms with E-state index in [2.05, 4.69) is 16.9 Å². The lowest BCUT2D eigenvalue weighted by Crippen LogP contribution is -1.99. The summed E-state index contributed by atoms with van der Waals surface area (Å²) in [6.07, 6.45) is 3.85. The van der Waals surface area contributed by atoms with E-state index in [1.54, 1.807) is 11.3 Å². The standard InChI is InChI=1S/C8H9N3S2/c1-2-3-6-9-7(12)11-4-5-13-8(11)10-6/h4-5H,2-3H2,1H3. The van der Waals surface area contributed by atoms with Gasteiger partial charge in [0.15, 0.2) is 4.96 Å². The molecule has 0 aliphatic heterocycles. The molecule has 0 radical (unpaired) electrons. The van der Waals surface area contributed by atoms with Crippen molar-refractivity contribution in [2.24, 2.45) is 0 Å². The molecule has 0 saturated carbocycles. The number of thiazole rings is 1. The molecule has 0 aromatic carbocycles. The van der Waals surface area contributed by atoms with Crippen molar-refractivity contribution in [3.05, 3.63) is 22.2 Å². The Morgan fingerprint density at radius 3 is 3.15 bits per heavy atom. The van der Waals surface area contributed by atoms with Crippen molar-refractivity contribution in [2.45, 2.75) is 19.8 Å². The van der Waals surface area contributed by atoms with Crippen LogP contribution in [0.3, 0.4) is 0 Å². The van der Waals surface area contributed by atoms with Gasteiger partial charge in [0.05, 0.1) is 0 Å². The maximum Gasteiger partial charge on any atom is 0.207 e. The topological polar surface area (TPSA) is 30.2 Å². The van der Waals surface area contributed by atoms with Crippen LogP contribution < -0.4 is 0 Å². The zero-order valence-electron chi connectivity index (χ0n) is 7.23. The summed E-state index contributed by atoms with van der Waals surface area (Å²) in [6, 6.07) is 0. The lowest BCUT2D eigenvalue weighted by Gasteiger charge is -1.97. The van der Waals surface area contributed by atoms with Gasteiger partial charge >= 0.3 is 0 Å². The maximum absolute atomic E-state index is 5.13. The Kier molecular flexibility index (Phi) is 2.37. The molecule has 2 aromatic rings. The van der Waals surface area contributed by atoms with Gasteiger partial charge in [-0.05, 0) is 18.6 Å². The lowest BCUT2D eigenvalue weighted by molar-refractivity contribution is 0.815. The minimum absolute atomic E-state index is 0.606. The van der Waals surface area contributed by atoms with E-state index in [4.69, 9.17) is 12.2 Å². The maximum atomic E-state index is 5.13. The second-order valence-corrected chi connectivity index (χ2v) is 3.97. The van der Waals surface area contributed by atoms with Crippen LogP contribution in [0.25, 0.3) is 4.96 Å². The normalized spacial score (nSPS) is 10.8. The Hall–Kier alpha value is -0.810. The minimum Gasteiger partial charge on any atom is -0.267 e. The molecule has 0 N–H and O–H groups in total. The molecular formula is C8H9N3S2. The van der Waals surface area contributed by atoms with Crippen LogP contribution in [-0.4, -0.2) is 14.4 Å². The van der Waals surface area contributed by atoms with Crippen LogP contribution in [0.5, 0.6) is 0 Å². The van der Waals surface area contributed by atoms with E-state index in [-0.39, 0.29) is 0 Å². The molecule has 0 fully saturated rings. The molecule has 0 spiro atoms. The van der Waals surface area contributed by atoms with Crippen LogP contribution in [0, 0.1) is 4.77 Å². The molecule has 0 aliphatic carbocycles. The van der Waals surface area contributed by atoms with Gasteiger partial charge in [0.25, 0.3) is 0 Å². The first-order valence-electron chi connectivity index (χ1n) is 4.14. The predicted molar refractivity (Wildman–Crippen MR) is 55.7 cm³/mol. The molecule has 2 rings (SSSR count). The van der Waals surface area contributed by atoms with Crippen LogP contribution in [0.4, 0.5) is 0 Å². The number of rotatable bonds is 2. The van der Waals surface area contributed by atoms with Crippen molar-refractivity contribution in [3.63, 3.8) is 0 Å². The number of aryl methyl sites for hydroxylation is 1. The number of hydrogen-bond acceptors (Lipinski definition) is 4. The van der Waals surface area contributed by atoms with Crippen molar-refractivity contribution in [3.8, 4) is 0 Å². The van der Waals surface area contributed by atoms with Crippen molar-refractivity contribution in [1.82, 2.24) is 14.4 Å². The molecular weight excluding hydrogens is 202 g/mol. The van der Waals surface area contributed by atoms with Gasteiger partial charge in [-0.15, -0.1) is 11.3 Å². The zero-order chi connectivity index (χ0) is 9.26. The Labute approximate surface area is 85.1 Å².